The Morgan fingerprint density at radius 1 is 1.05 bits per heavy atom. The first kappa shape index (κ1) is 16.4. The molecule has 0 saturated heterocycles. The first-order chi connectivity index (χ1) is 10.5. The highest BCUT2D eigenvalue weighted by Crippen LogP contribution is 2.29. The Labute approximate surface area is 138 Å². The highest BCUT2D eigenvalue weighted by atomic mass is 79.9. The summed E-state index contributed by atoms with van der Waals surface area (Å²) in [7, 11) is 1.53. The molecule has 2 rings (SSSR count). The van der Waals surface area contributed by atoms with Crippen molar-refractivity contribution in [2.45, 2.75) is 20.0 Å². The van der Waals surface area contributed by atoms with Gasteiger partial charge in [0.05, 0.1) is 13.2 Å². The first-order valence-electron chi connectivity index (χ1n) is 6.82. The van der Waals surface area contributed by atoms with Gasteiger partial charge in [0, 0.05) is 4.47 Å². The van der Waals surface area contributed by atoms with Crippen LogP contribution in [0.1, 0.15) is 24.2 Å². The average Bonchev–Trinajstić information content (AvgIpc) is 2.49. The lowest BCUT2D eigenvalue weighted by Gasteiger charge is -2.14. The molecule has 0 unspecified atom stereocenters. The molecule has 2 aromatic carbocycles. The molecule has 0 heterocycles. The van der Waals surface area contributed by atoms with E-state index in [1.54, 1.807) is 30.3 Å². The highest BCUT2D eigenvalue weighted by molar-refractivity contribution is 9.10. The average molecular weight is 365 g/mol. The maximum Gasteiger partial charge on any atom is 0.347 e. The number of para-hydroxylation sites is 2. The minimum atomic E-state index is -0.499. The van der Waals surface area contributed by atoms with Crippen molar-refractivity contribution in [3.05, 3.63) is 52.5 Å². The number of ether oxygens (including phenoxy) is 3. The van der Waals surface area contributed by atoms with Crippen LogP contribution in [-0.2, 0) is 0 Å². The van der Waals surface area contributed by atoms with Gasteiger partial charge in [-0.25, -0.2) is 4.79 Å². The number of carbonyl (C=O) groups is 1. The first-order valence-corrected chi connectivity index (χ1v) is 7.62. The summed E-state index contributed by atoms with van der Waals surface area (Å²) < 4.78 is 17.1. The molecular weight excluding hydrogens is 348 g/mol. The summed E-state index contributed by atoms with van der Waals surface area (Å²) in [6, 6.07) is 12.2. The molecule has 116 valence electrons. The number of halogens is 1. The van der Waals surface area contributed by atoms with Gasteiger partial charge in [-0.05, 0) is 44.2 Å². The van der Waals surface area contributed by atoms with Crippen LogP contribution < -0.4 is 14.2 Å². The molecule has 0 atom stereocenters. The second-order valence-corrected chi connectivity index (χ2v) is 5.76. The Kier molecular flexibility index (Phi) is 5.44. The number of hydrogen-bond donors (Lipinski definition) is 0. The SMILES string of the molecule is COc1ccccc1OC(=O)c1cc(Br)ccc1OC(C)C. The Hall–Kier alpha value is -2.01. The van der Waals surface area contributed by atoms with Gasteiger partial charge in [-0.2, -0.15) is 0 Å². The third-order valence-electron chi connectivity index (χ3n) is 2.80. The van der Waals surface area contributed by atoms with Crippen molar-refractivity contribution in [2.24, 2.45) is 0 Å². The van der Waals surface area contributed by atoms with E-state index in [-0.39, 0.29) is 6.10 Å². The number of hydrogen-bond acceptors (Lipinski definition) is 4. The molecule has 0 radical (unpaired) electrons. The third-order valence-corrected chi connectivity index (χ3v) is 3.29. The Morgan fingerprint density at radius 3 is 2.36 bits per heavy atom. The molecule has 5 heteroatoms. The fraction of sp³-hybridized carbons (Fsp3) is 0.235. The van der Waals surface area contributed by atoms with Crippen molar-refractivity contribution in [3.8, 4) is 17.2 Å². The van der Waals surface area contributed by atoms with E-state index in [0.29, 0.717) is 22.8 Å². The number of rotatable bonds is 5. The van der Waals surface area contributed by atoms with Gasteiger partial charge in [0.1, 0.15) is 11.3 Å². The standard InChI is InChI=1S/C17H17BrO4/c1-11(2)21-14-9-8-12(18)10-13(14)17(19)22-16-7-5-4-6-15(16)20-3/h4-11H,1-3H3. The van der Waals surface area contributed by atoms with E-state index in [1.165, 1.54) is 7.11 Å². The zero-order valence-electron chi connectivity index (χ0n) is 12.6. The third kappa shape index (κ3) is 4.01. The molecule has 0 aromatic heterocycles. The Balaban J connectivity index is 2.30. The minimum absolute atomic E-state index is 0.0426. The van der Waals surface area contributed by atoms with Crippen molar-refractivity contribution in [1.29, 1.82) is 0 Å². The normalized spacial score (nSPS) is 10.4. The summed E-state index contributed by atoms with van der Waals surface area (Å²) in [4.78, 5) is 12.5. The molecule has 4 nitrogen and oxygen atoms in total. The van der Waals surface area contributed by atoms with E-state index in [1.807, 2.05) is 26.0 Å². The zero-order valence-corrected chi connectivity index (χ0v) is 14.2. The van der Waals surface area contributed by atoms with E-state index in [9.17, 15) is 4.79 Å². The summed E-state index contributed by atoms with van der Waals surface area (Å²) in [6.45, 7) is 3.80. The van der Waals surface area contributed by atoms with Gasteiger partial charge >= 0.3 is 5.97 Å². The summed E-state index contributed by atoms with van der Waals surface area (Å²) in [6.07, 6.45) is -0.0426. The lowest BCUT2D eigenvalue weighted by molar-refractivity contribution is 0.0723. The fourth-order valence-corrected chi connectivity index (χ4v) is 2.24. The maximum atomic E-state index is 12.5. The lowest BCUT2D eigenvalue weighted by atomic mass is 10.2. The second-order valence-electron chi connectivity index (χ2n) is 4.85. The molecular formula is C17H17BrO4. The molecule has 0 spiro atoms. The Morgan fingerprint density at radius 2 is 1.73 bits per heavy atom. The summed E-state index contributed by atoms with van der Waals surface area (Å²) in [5, 5.41) is 0. The van der Waals surface area contributed by atoms with E-state index >= 15 is 0 Å². The quantitative estimate of drug-likeness (QED) is 0.580. The van der Waals surface area contributed by atoms with E-state index in [4.69, 9.17) is 14.2 Å². The van der Waals surface area contributed by atoms with Crippen LogP contribution in [-0.4, -0.2) is 19.2 Å². The molecule has 0 aliphatic heterocycles. The summed E-state index contributed by atoms with van der Waals surface area (Å²) in [5.41, 5.74) is 0.356. The van der Waals surface area contributed by atoms with Crippen LogP contribution in [0.4, 0.5) is 0 Å². The monoisotopic (exact) mass is 364 g/mol. The van der Waals surface area contributed by atoms with Gasteiger partial charge in [0.25, 0.3) is 0 Å². The number of benzene rings is 2. The molecule has 2 aromatic rings. The number of carbonyl (C=O) groups excluding carboxylic acids is 1. The summed E-state index contributed by atoms with van der Waals surface area (Å²) in [5.74, 6) is 0.849. The van der Waals surface area contributed by atoms with Crippen LogP contribution in [0.5, 0.6) is 17.2 Å². The Bertz CT molecular complexity index is 667. The van der Waals surface area contributed by atoms with Crippen molar-refractivity contribution < 1.29 is 19.0 Å². The molecule has 0 aliphatic rings. The van der Waals surface area contributed by atoms with Crippen LogP contribution in [0.2, 0.25) is 0 Å². The molecule has 0 bridgehead atoms. The fourth-order valence-electron chi connectivity index (χ4n) is 1.88. The molecule has 0 aliphatic carbocycles. The topological polar surface area (TPSA) is 44.8 Å². The predicted octanol–water partition coefficient (Wildman–Crippen LogP) is 4.46. The van der Waals surface area contributed by atoms with Crippen molar-refractivity contribution >= 4 is 21.9 Å². The smallest absolute Gasteiger partial charge is 0.347 e. The van der Waals surface area contributed by atoms with E-state index in [0.717, 1.165) is 4.47 Å². The minimum Gasteiger partial charge on any atom is -0.493 e. The number of methoxy groups -OCH3 is 1. The molecule has 22 heavy (non-hydrogen) atoms. The highest BCUT2D eigenvalue weighted by Gasteiger charge is 2.18. The van der Waals surface area contributed by atoms with Crippen LogP contribution in [0.3, 0.4) is 0 Å². The summed E-state index contributed by atoms with van der Waals surface area (Å²) >= 11 is 3.36. The van der Waals surface area contributed by atoms with Crippen LogP contribution in [0, 0.1) is 0 Å². The van der Waals surface area contributed by atoms with Gasteiger partial charge in [0.2, 0.25) is 0 Å². The second kappa shape index (κ2) is 7.31. The van der Waals surface area contributed by atoms with Gasteiger partial charge in [-0.3, -0.25) is 0 Å². The van der Waals surface area contributed by atoms with Gasteiger partial charge in [-0.15, -0.1) is 0 Å². The lowest BCUT2D eigenvalue weighted by Crippen LogP contribution is -2.14. The zero-order chi connectivity index (χ0) is 16.1. The van der Waals surface area contributed by atoms with Crippen LogP contribution >= 0.6 is 15.9 Å². The maximum absolute atomic E-state index is 12.5. The molecule has 0 N–H and O–H groups in total. The van der Waals surface area contributed by atoms with Crippen molar-refractivity contribution in [2.75, 3.05) is 7.11 Å². The molecule has 0 saturated carbocycles. The van der Waals surface area contributed by atoms with E-state index in [2.05, 4.69) is 15.9 Å². The van der Waals surface area contributed by atoms with Crippen molar-refractivity contribution in [3.63, 3.8) is 0 Å². The van der Waals surface area contributed by atoms with Crippen LogP contribution in [0.15, 0.2) is 46.9 Å². The molecule has 0 fully saturated rings. The van der Waals surface area contributed by atoms with Crippen molar-refractivity contribution in [1.82, 2.24) is 0 Å². The number of esters is 1. The van der Waals surface area contributed by atoms with E-state index < -0.39 is 5.97 Å². The van der Waals surface area contributed by atoms with Gasteiger partial charge in [0.15, 0.2) is 11.5 Å². The molecule has 0 amide bonds. The van der Waals surface area contributed by atoms with Gasteiger partial charge in [-0.1, -0.05) is 28.1 Å². The van der Waals surface area contributed by atoms with Crippen LogP contribution in [0.25, 0.3) is 0 Å². The largest absolute Gasteiger partial charge is 0.493 e. The van der Waals surface area contributed by atoms with Gasteiger partial charge < -0.3 is 14.2 Å². The predicted molar refractivity (Wildman–Crippen MR) is 87.9 cm³/mol.